The maximum atomic E-state index is 5.69. The van der Waals surface area contributed by atoms with Crippen LogP contribution in [0, 0.1) is 0 Å². The Morgan fingerprint density at radius 2 is 2.20 bits per heavy atom. The van der Waals surface area contributed by atoms with Crippen LogP contribution in [0.4, 0.5) is 0 Å². The predicted molar refractivity (Wildman–Crippen MR) is 91.3 cm³/mol. The minimum Gasteiger partial charge on any atom is -0.393 e. The van der Waals surface area contributed by atoms with E-state index in [1.807, 2.05) is 18.2 Å². The van der Waals surface area contributed by atoms with Gasteiger partial charge >= 0.3 is 0 Å². The van der Waals surface area contributed by atoms with E-state index >= 15 is 0 Å². The molecule has 0 amide bonds. The average Bonchev–Trinajstić information content (AvgIpc) is 2.95. The number of nitrogens with two attached hydrogens (primary N) is 1. The molecule has 3 nitrogen and oxygen atoms in total. The number of rotatable bonds is 4. The van der Waals surface area contributed by atoms with E-state index in [0.29, 0.717) is 11.4 Å². The van der Waals surface area contributed by atoms with Gasteiger partial charge in [-0.25, -0.2) is 4.98 Å². The Labute approximate surface area is 134 Å². The molecule has 102 valence electrons. The number of hydrogen-bond donors (Lipinski definition) is 1. The zero-order chi connectivity index (χ0) is 14.1. The maximum absolute atomic E-state index is 5.69. The number of benzene rings is 1. The third-order valence-corrected chi connectivity index (χ3v) is 4.83. The number of imidazole rings is 1. The zero-order valence-electron chi connectivity index (χ0n) is 10.5. The average molecular weight is 366 g/mol. The van der Waals surface area contributed by atoms with Gasteiger partial charge in [-0.2, -0.15) is 0 Å². The summed E-state index contributed by atoms with van der Waals surface area (Å²) >= 11 is 10.2. The molecule has 0 unspecified atom stereocenters. The van der Waals surface area contributed by atoms with Gasteiger partial charge in [0.1, 0.15) is 5.82 Å². The van der Waals surface area contributed by atoms with Gasteiger partial charge < -0.3 is 10.3 Å². The number of nitrogens with zero attached hydrogens (tertiary/aromatic N) is 2. The van der Waals surface area contributed by atoms with E-state index in [4.69, 9.17) is 18.0 Å². The van der Waals surface area contributed by atoms with Gasteiger partial charge in [-0.1, -0.05) is 24.4 Å². The van der Waals surface area contributed by atoms with Crippen molar-refractivity contribution in [2.24, 2.45) is 5.73 Å². The van der Waals surface area contributed by atoms with Crippen LogP contribution < -0.4 is 5.73 Å². The van der Waals surface area contributed by atoms with E-state index < -0.39 is 0 Å². The molecule has 0 spiro atoms. The molecule has 2 N–H and O–H groups in total. The summed E-state index contributed by atoms with van der Waals surface area (Å²) in [6, 6.07) is 10.2. The second-order valence-electron chi connectivity index (χ2n) is 4.48. The van der Waals surface area contributed by atoms with Crippen LogP contribution >= 0.6 is 39.5 Å². The second kappa shape index (κ2) is 5.63. The summed E-state index contributed by atoms with van der Waals surface area (Å²) in [7, 11) is 0. The van der Waals surface area contributed by atoms with Crippen LogP contribution in [-0.2, 0) is 13.0 Å². The molecule has 0 radical (unpaired) electrons. The first kappa shape index (κ1) is 13.7. The first-order valence-corrected chi connectivity index (χ1v) is 8.17. The van der Waals surface area contributed by atoms with Crippen LogP contribution in [0.2, 0.25) is 0 Å². The highest BCUT2D eigenvalue weighted by Crippen LogP contribution is 2.24. The van der Waals surface area contributed by atoms with Gasteiger partial charge in [0.25, 0.3) is 0 Å². The largest absolute Gasteiger partial charge is 0.393 e. The van der Waals surface area contributed by atoms with Gasteiger partial charge in [-0.3, -0.25) is 0 Å². The predicted octanol–water partition coefficient (Wildman–Crippen LogP) is 3.74. The molecule has 0 aliphatic heterocycles. The lowest BCUT2D eigenvalue weighted by Gasteiger charge is -2.07. The van der Waals surface area contributed by atoms with Crippen LogP contribution in [0.15, 0.2) is 40.2 Å². The van der Waals surface area contributed by atoms with Crippen LogP contribution in [0.25, 0.3) is 11.0 Å². The molecule has 2 heterocycles. The van der Waals surface area contributed by atoms with Crippen molar-refractivity contribution in [2.45, 2.75) is 13.0 Å². The SMILES string of the molecule is NC(=S)Cc1nc2ccccc2n1Cc1cc(Br)cs1. The Kier molecular flexibility index (Phi) is 3.87. The lowest BCUT2D eigenvalue weighted by molar-refractivity contribution is 0.784. The zero-order valence-corrected chi connectivity index (χ0v) is 13.8. The topological polar surface area (TPSA) is 43.8 Å². The molecule has 0 aliphatic carbocycles. The Balaban J connectivity index is 2.08. The number of fused-ring (bicyclic) bond motifs is 1. The van der Waals surface area contributed by atoms with Crippen molar-refractivity contribution in [1.82, 2.24) is 9.55 Å². The van der Waals surface area contributed by atoms with Gasteiger partial charge in [-0.15, -0.1) is 11.3 Å². The molecule has 0 bridgehead atoms. The van der Waals surface area contributed by atoms with Crippen LogP contribution in [0.1, 0.15) is 10.7 Å². The van der Waals surface area contributed by atoms with Gasteiger partial charge in [-0.05, 0) is 34.1 Å². The van der Waals surface area contributed by atoms with Crippen molar-refractivity contribution in [1.29, 1.82) is 0 Å². The van der Waals surface area contributed by atoms with Gasteiger partial charge in [0.15, 0.2) is 0 Å². The van der Waals surface area contributed by atoms with Crippen molar-refractivity contribution >= 4 is 55.5 Å². The summed E-state index contributed by atoms with van der Waals surface area (Å²) in [5.41, 5.74) is 7.78. The Bertz CT molecular complexity index is 776. The summed E-state index contributed by atoms with van der Waals surface area (Å²) < 4.78 is 3.30. The van der Waals surface area contributed by atoms with Crippen LogP contribution in [0.3, 0.4) is 0 Å². The highest BCUT2D eigenvalue weighted by Gasteiger charge is 2.12. The molecule has 1 aromatic carbocycles. The van der Waals surface area contributed by atoms with Gasteiger partial charge in [0.2, 0.25) is 0 Å². The standard InChI is InChI=1S/C14H12BrN3S2/c15-9-5-10(20-8-9)7-18-12-4-2-1-3-11(12)17-14(18)6-13(16)19/h1-5,8H,6-7H2,(H2,16,19). The molecule has 0 fully saturated rings. The number of thiocarbonyl (C=S) groups is 1. The monoisotopic (exact) mass is 365 g/mol. The summed E-state index contributed by atoms with van der Waals surface area (Å²) in [5.74, 6) is 0.920. The van der Waals surface area contributed by atoms with Gasteiger partial charge in [0.05, 0.1) is 29.0 Å². The van der Waals surface area contributed by atoms with Crippen molar-refractivity contribution < 1.29 is 0 Å². The molecule has 0 saturated heterocycles. The number of aromatic nitrogens is 2. The minimum atomic E-state index is 0.467. The summed E-state index contributed by atoms with van der Waals surface area (Å²) in [5, 5.41) is 2.09. The van der Waals surface area contributed by atoms with Crippen LogP contribution in [0.5, 0.6) is 0 Å². The highest BCUT2D eigenvalue weighted by molar-refractivity contribution is 9.10. The molecule has 3 rings (SSSR count). The number of halogens is 1. The first-order chi connectivity index (χ1) is 9.63. The number of hydrogen-bond acceptors (Lipinski definition) is 3. The minimum absolute atomic E-state index is 0.467. The Morgan fingerprint density at radius 3 is 2.90 bits per heavy atom. The lowest BCUT2D eigenvalue weighted by Crippen LogP contribution is -2.15. The van der Waals surface area contributed by atoms with E-state index in [0.717, 1.165) is 27.9 Å². The molecule has 20 heavy (non-hydrogen) atoms. The Morgan fingerprint density at radius 1 is 1.40 bits per heavy atom. The maximum Gasteiger partial charge on any atom is 0.117 e. The molecule has 2 aromatic heterocycles. The number of thiophene rings is 1. The third-order valence-electron chi connectivity index (χ3n) is 3.00. The fourth-order valence-corrected chi connectivity index (χ4v) is 3.75. The van der Waals surface area contributed by atoms with Crippen LogP contribution in [-0.4, -0.2) is 14.5 Å². The molecule has 0 aliphatic rings. The number of para-hydroxylation sites is 2. The molecule has 3 aromatic rings. The molecular weight excluding hydrogens is 354 g/mol. The van der Waals surface area contributed by atoms with Crippen molar-refractivity contribution in [3.8, 4) is 0 Å². The van der Waals surface area contributed by atoms with Gasteiger partial charge in [0, 0.05) is 14.7 Å². The van der Waals surface area contributed by atoms with E-state index in [9.17, 15) is 0 Å². The smallest absolute Gasteiger partial charge is 0.117 e. The summed E-state index contributed by atoms with van der Waals surface area (Å²) in [4.78, 5) is 6.38. The van der Waals surface area contributed by atoms with Crippen molar-refractivity contribution in [2.75, 3.05) is 0 Å². The lowest BCUT2D eigenvalue weighted by atomic mass is 10.3. The normalized spacial score (nSPS) is 11.1. The second-order valence-corrected chi connectivity index (χ2v) is 6.91. The Hall–Kier alpha value is -1.24. The fraction of sp³-hybridized carbons (Fsp3) is 0.143. The molecule has 6 heteroatoms. The summed E-state index contributed by atoms with van der Waals surface area (Å²) in [6.45, 7) is 0.786. The van der Waals surface area contributed by atoms with Crippen molar-refractivity contribution in [3.63, 3.8) is 0 Å². The molecule has 0 saturated carbocycles. The summed E-state index contributed by atoms with van der Waals surface area (Å²) in [6.07, 6.45) is 0.524. The fourth-order valence-electron chi connectivity index (χ4n) is 2.19. The first-order valence-electron chi connectivity index (χ1n) is 6.09. The van der Waals surface area contributed by atoms with E-state index in [-0.39, 0.29) is 0 Å². The van der Waals surface area contributed by atoms with E-state index in [2.05, 4.69) is 43.0 Å². The molecular formula is C14H12BrN3S2. The van der Waals surface area contributed by atoms with E-state index in [1.54, 1.807) is 11.3 Å². The van der Waals surface area contributed by atoms with E-state index in [1.165, 1.54) is 4.88 Å². The quantitative estimate of drug-likeness (QED) is 0.716. The molecule has 0 atom stereocenters. The van der Waals surface area contributed by atoms with Crippen molar-refractivity contribution in [3.05, 3.63) is 50.9 Å². The third kappa shape index (κ3) is 2.77. The highest BCUT2D eigenvalue weighted by atomic mass is 79.9.